The molecule has 3 heteroatoms. The number of ether oxygens (including phenoxy) is 1. The van der Waals surface area contributed by atoms with Crippen molar-refractivity contribution in [3.05, 3.63) is 47.0 Å². The largest absolute Gasteiger partial charge is 0.462 e. The molecule has 21 heavy (non-hydrogen) atoms. The Morgan fingerprint density at radius 2 is 1.90 bits per heavy atom. The maximum absolute atomic E-state index is 11.9. The molecular formula is C18H27O2P. The Bertz CT molecular complexity index is 459. The summed E-state index contributed by atoms with van der Waals surface area (Å²) in [4.78, 5) is 11.9. The maximum atomic E-state index is 11.9. The number of esters is 1. The number of rotatable bonds is 8. The van der Waals surface area contributed by atoms with E-state index in [-0.39, 0.29) is 5.97 Å². The standard InChI is InChI=1S/C18H27O2P/c1-14(2)5-4-6-15(3)11-12-20-18(19)17-9-7-16(13-21)8-10-17/h5,7-10,15H,4,6,11-13,21H2,1-3H3. The van der Waals surface area contributed by atoms with E-state index in [1.807, 2.05) is 24.3 Å². The van der Waals surface area contributed by atoms with Crippen molar-refractivity contribution in [2.75, 3.05) is 6.61 Å². The van der Waals surface area contributed by atoms with Gasteiger partial charge in [-0.2, -0.15) is 0 Å². The summed E-state index contributed by atoms with van der Waals surface area (Å²) in [5, 5.41) is 0. The lowest BCUT2D eigenvalue weighted by Gasteiger charge is -2.11. The molecule has 0 aliphatic heterocycles. The Morgan fingerprint density at radius 1 is 1.24 bits per heavy atom. The molecule has 0 aliphatic carbocycles. The van der Waals surface area contributed by atoms with Gasteiger partial charge in [-0.15, -0.1) is 9.24 Å². The molecule has 0 heterocycles. The molecule has 0 radical (unpaired) electrons. The van der Waals surface area contributed by atoms with E-state index in [1.165, 1.54) is 11.1 Å². The first kappa shape index (κ1) is 17.9. The maximum Gasteiger partial charge on any atom is 0.338 e. The molecular weight excluding hydrogens is 279 g/mol. The van der Waals surface area contributed by atoms with Gasteiger partial charge in [-0.25, -0.2) is 4.79 Å². The third-order valence-corrected chi connectivity index (χ3v) is 3.95. The van der Waals surface area contributed by atoms with Crippen molar-refractivity contribution in [3.63, 3.8) is 0 Å². The highest BCUT2D eigenvalue weighted by molar-refractivity contribution is 7.15. The summed E-state index contributed by atoms with van der Waals surface area (Å²) >= 11 is 0. The minimum absolute atomic E-state index is 0.221. The molecule has 2 atom stereocenters. The second-order valence-corrected chi connectivity index (χ2v) is 6.20. The van der Waals surface area contributed by atoms with Crippen molar-refractivity contribution < 1.29 is 9.53 Å². The van der Waals surface area contributed by atoms with E-state index in [9.17, 15) is 4.79 Å². The average Bonchev–Trinajstić information content (AvgIpc) is 2.46. The van der Waals surface area contributed by atoms with Crippen LogP contribution in [0.4, 0.5) is 0 Å². The van der Waals surface area contributed by atoms with Gasteiger partial charge >= 0.3 is 5.97 Å². The van der Waals surface area contributed by atoms with Gasteiger partial charge in [-0.05, 0) is 62.9 Å². The molecule has 2 nitrogen and oxygen atoms in total. The summed E-state index contributed by atoms with van der Waals surface area (Å²) in [5.74, 6) is 0.356. The van der Waals surface area contributed by atoms with Crippen molar-refractivity contribution in [1.82, 2.24) is 0 Å². The monoisotopic (exact) mass is 306 g/mol. The van der Waals surface area contributed by atoms with E-state index < -0.39 is 0 Å². The highest BCUT2D eigenvalue weighted by Gasteiger charge is 2.08. The van der Waals surface area contributed by atoms with Gasteiger partial charge in [0.15, 0.2) is 0 Å². The van der Waals surface area contributed by atoms with E-state index in [4.69, 9.17) is 4.74 Å². The fourth-order valence-corrected chi connectivity index (χ4v) is 2.29. The van der Waals surface area contributed by atoms with Crippen LogP contribution < -0.4 is 0 Å². The van der Waals surface area contributed by atoms with E-state index in [0.29, 0.717) is 18.1 Å². The van der Waals surface area contributed by atoms with Crippen LogP contribution in [0.3, 0.4) is 0 Å². The Balaban J connectivity index is 2.27. The molecule has 0 saturated carbocycles. The minimum atomic E-state index is -0.221. The SMILES string of the molecule is CC(C)=CCCC(C)CCOC(=O)c1ccc(CP)cc1. The summed E-state index contributed by atoms with van der Waals surface area (Å²) < 4.78 is 5.34. The van der Waals surface area contributed by atoms with Crippen molar-refractivity contribution >= 4 is 15.2 Å². The first-order valence-corrected chi connectivity index (χ1v) is 8.44. The molecule has 0 spiro atoms. The van der Waals surface area contributed by atoms with Crippen LogP contribution in [-0.4, -0.2) is 12.6 Å². The zero-order valence-electron chi connectivity index (χ0n) is 13.4. The van der Waals surface area contributed by atoms with Crippen LogP contribution in [0.15, 0.2) is 35.9 Å². The van der Waals surface area contributed by atoms with Crippen LogP contribution in [-0.2, 0) is 10.9 Å². The summed E-state index contributed by atoms with van der Waals surface area (Å²) in [5.41, 5.74) is 3.20. The predicted octanol–water partition coefficient (Wildman–Crippen LogP) is 4.99. The number of carbonyl (C=O) groups is 1. The van der Waals surface area contributed by atoms with E-state index in [1.54, 1.807) is 0 Å². The van der Waals surface area contributed by atoms with Gasteiger partial charge in [0.1, 0.15) is 0 Å². The van der Waals surface area contributed by atoms with Gasteiger partial charge in [0, 0.05) is 0 Å². The first-order valence-electron chi connectivity index (χ1n) is 7.62. The van der Waals surface area contributed by atoms with Crippen LogP contribution >= 0.6 is 9.24 Å². The average molecular weight is 306 g/mol. The van der Waals surface area contributed by atoms with Gasteiger partial charge in [0.25, 0.3) is 0 Å². The highest BCUT2D eigenvalue weighted by Crippen LogP contribution is 2.13. The molecule has 0 bridgehead atoms. The van der Waals surface area contributed by atoms with Crippen molar-refractivity contribution in [1.29, 1.82) is 0 Å². The van der Waals surface area contributed by atoms with E-state index in [0.717, 1.165) is 25.4 Å². The molecule has 0 saturated heterocycles. The molecule has 1 rings (SSSR count). The van der Waals surface area contributed by atoms with Crippen LogP contribution in [0.5, 0.6) is 0 Å². The molecule has 0 amide bonds. The van der Waals surface area contributed by atoms with Crippen LogP contribution in [0, 0.1) is 5.92 Å². The zero-order chi connectivity index (χ0) is 15.7. The second-order valence-electron chi connectivity index (χ2n) is 5.79. The number of hydrogen-bond acceptors (Lipinski definition) is 2. The minimum Gasteiger partial charge on any atom is -0.462 e. The Labute approximate surface area is 131 Å². The third kappa shape index (κ3) is 7.43. The molecule has 0 aliphatic rings. The fraction of sp³-hybridized carbons (Fsp3) is 0.500. The van der Waals surface area contributed by atoms with E-state index in [2.05, 4.69) is 36.1 Å². The van der Waals surface area contributed by atoms with Crippen molar-refractivity contribution in [3.8, 4) is 0 Å². The molecule has 116 valence electrons. The summed E-state index contributed by atoms with van der Waals surface area (Å²) in [6.45, 7) is 6.95. The lowest BCUT2D eigenvalue weighted by Crippen LogP contribution is -2.09. The van der Waals surface area contributed by atoms with Gasteiger partial charge < -0.3 is 4.74 Å². The Morgan fingerprint density at radius 3 is 2.48 bits per heavy atom. The molecule has 0 fully saturated rings. The highest BCUT2D eigenvalue weighted by atomic mass is 31.0. The zero-order valence-corrected chi connectivity index (χ0v) is 14.5. The Hall–Kier alpha value is -1.14. The molecule has 0 N–H and O–H groups in total. The molecule has 0 aromatic heterocycles. The van der Waals surface area contributed by atoms with Gasteiger partial charge in [-0.3, -0.25) is 0 Å². The van der Waals surface area contributed by atoms with Crippen molar-refractivity contribution in [2.45, 2.75) is 46.2 Å². The van der Waals surface area contributed by atoms with Gasteiger partial charge in [0.2, 0.25) is 0 Å². The molecule has 1 aromatic carbocycles. The number of carbonyl (C=O) groups excluding carboxylic acids is 1. The topological polar surface area (TPSA) is 26.3 Å². The Kier molecular flexibility index (Phi) is 8.30. The summed E-state index contributed by atoms with van der Waals surface area (Å²) in [6.07, 6.45) is 6.33. The van der Waals surface area contributed by atoms with Gasteiger partial charge in [-0.1, -0.05) is 30.7 Å². The number of benzene rings is 1. The summed E-state index contributed by atoms with van der Waals surface area (Å²) in [6, 6.07) is 7.59. The van der Waals surface area contributed by atoms with Crippen LogP contribution in [0.25, 0.3) is 0 Å². The lowest BCUT2D eigenvalue weighted by atomic mass is 10.0. The first-order chi connectivity index (χ1) is 10.0. The smallest absolute Gasteiger partial charge is 0.338 e. The quantitative estimate of drug-likeness (QED) is 0.384. The normalized spacial score (nSPS) is 11.8. The van der Waals surface area contributed by atoms with Gasteiger partial charge in [0.05, 0.1) is 12.2 Å². The number of allylic oxidation sites excluding steroid dienone is 2. The predicted molar refractivity (Wildman–Crippen MR) is 92.6 cm³/mol. The summed E-state index contributed by atoms with van der Waals surface area (Å²) in [7, 11) is 2.67. The second kappa shape index (κ2) is 9.73. The molecule has 1 aromatic rings. The lowest BCUT2D eigenvalue weighted by molar-refractivity contribution is 0.0484. The van der Waals surface area contributed by atoms with Crippen LogP contribution in [0.2, 0.25) is 0 Å². The van der Waals surface area contributed by atoms with Crippen molar-refractivity contribution in [2.24, 2.45) is 5.92 Å². The van der Waals surface area contributed by atoms with Crippen LogP contribution in [0.1, 0.15) is 56.0 Å². The number of hydrogen-bond donors (Lipinski definition) is 0. The third-order valence-electron chi connectivity index (χ3n) is 3.48. The van der Waals surface area contributed by atoms with E-state index >= 15 is 0 Å². The molecule has 2 unspecified atom stereocenters. The fourth-order valence-electron chi connectivity index (χ4n) is 2.01.